The van der Waals surface area contributed by atoms with Gasteiger partial charge in [-0.3, -0.25) is 15.0 Å². The lowest BCUT2D eigenvalue weighted by molar-refractivity contribution is 0.589. The lowest BCUT2D eigenvalue weighted by Crippen LogP contribution is -2.11. The molecule has 0 aliphatic heterocycles. The highest BCUT2D eigenvalue weighted by Crippen LogP contribution is 2.29. The van der Waals surface area contributed by atoms with Crippen LogP contribution in [-0.2, 0) is 10.8 Å². The third kappa shape index (κ3) is 10.6. The zero-order chi connectivity index (χ0) is 43.1. The minimum absolute atomic E-state index is 0.0675. The molecule has 0 saturated heterocycles. The number of aromatic nitrogens is 3. The van der Waals surface area contributed by atoms with Crippen LogP contribution < -0.4 is 0 Å². The van der Waals surface area contributed by atoms with E-state index in [4.69, 9.17) is 0 Å². The maximum Gasteiger partial charge on any atom is 0.0708 e. The molecular formula is C59H53N3. The highest BCUT2D eigenvalue weighted by atomic mass is 14.7. The highest BCUT2D eigenvalue weighted by molar-refractivity contribution is 5.80. The predicted molar refractivity (Wildman–Crippen MR) is 265 cm³/mol. The molecule has 8 aromatic rings. The van der Waals surface area contributed by atoms with E-state index in [1.165, 1.54) is 16.7 Å². The first kappa shape index (κ1) is 41.5. The molecule has 3 heteroatoms. The summed E-state index contributed by atoms with van der Waals surface area (Å²) in [5, 5.41) is 0. The summed E-state index contributed by atoms with van der Waals surface area (Å²) in [4.78, 5) is 14.0. The van der Waals surface area contributed by atoms with Crippen LogP contribution in [0.5, 0.6) is 0 Å². The van der Waals surface area contributed by atoms with E-state index in [1.807, 2.05) is 24.7 Å². The topological polar surface area (TPSA) is 38.7 Å². The van der Waals surface area contributed by atoms with Crippen LogP contribution in [0.4, 0.5) is 0 Å². The Morgan fingerprint density at radius 3 is 1.00 bits per heavy atom. The summed E-state index contributed by atoms with van der Waals surface area (Å²) >= 11 is 0. The van der Waals surface area contributed by atoms with E-state index < -0.39 is 0 Å². The molecule has 0 aliphatic rings. The normalized spacial score (nSPS) is 12.2. The molecule has 62 heavy (non-hydrogen) atoms. The third-order valence-corrected chi connectivity index (χ3v) is 11.1. The largest absolute Gasteiger partial charge is 0.256 e. The number of nitrogens with zero attached hydrogens (tertiary/aromatic N) is 3. The number of benzene rings is 5. The van der Waals surface area contributed by atoms with Gasteiger partial charge in [0, 0.05) is 35.3 Å². The van der Waals surface area contributed by atoms with E-state index in [0.717, 1.165) is 72.7 Å². The Hall–Kier alpha value is -7.23. The van der Waals surface area contributed by atoms with Crippen LogP contribution in [-0.4, -0.2) is 15.0 Å². The van der Waals surface area contributed by atoms with Gasteiger partial charge in [0.15, 0.2) is 0 Å². The number of hydrogen-bond acceptors (Lipinski definition) is 3. The zero-order valence-corrected chi connectivity index (χ0v) is 36.5. The minimum atomic E-state index is 0.0675. The molecule has 0 fully saturated rings. The third-order valence-electron chi connectivity index (χ3n) is 11.1. The van der Waals surface area contributed by atoms with Gasteiger partial charge in [0.05, 0.1) is 17.1 Å². The van der Waals surface area contributed by atoms with Crippen LogP contribution in [0.2, 0.25) is 0 Å². The van der Waals surface area contributed by atoms with E-state index in [2.05, 4.69) is 245 Å². The second-order valence-electron chi connectivity index (χ2n) is 18.0. The molecule has 0 N–H and O–H groups in total. The highest BCUT2D eigenvalue weighted by Gasteiger charge is 2.16. The Morgan fingerprint density at radius 1 is 0.290 bits per heavy atom. The minimum Gasteiger partial charge on any atom is -0.256 e. The van der Waals surface area contributed by atoms with Crippen LogP contribution in [0.1, 0.15) is 86.1 Å². The first-order valence-electron chi connectivity index (χ1n) is 21.4. The van der Waals surface area contributed by atoms with Gasteiger partial charge in [-0.2, -0.15) is 0 Å². The number of hydrogen-bond donors (Lipinski definition) is 0. The van der Waals surface area contributed by atoms with Crippen molar-refractivity contribution in [1.29, 1.82) is 0 Å². The van der Waals surface area contributed by atoms with Crippen molar-refractivity contribution in [2.45, 2.75) is 52.4 Å². The van der Waals surface area contributed by atoms with Gasteiger partial charge in [-0.1, -0.05) is 181 Å². The first-order valence-corrected chi connectivity index (χ1v) is 21.4. The first-order chi connectivity index (χ1) is 29.9. The van der Waals surface area contributed by atoms with Crippen LogP contribution in [0.3, 0.4) is 0 Å². The molecular weight excluding hydrogens is 751 g/mol. The van der Waals surface area contributed by atoms with Crippen LogP contribution in [0, 0.1) is 0 Å². The number of rotatable bonds is 10. The average Bonchev–Trinajstić information content (AvgIpc) is 3.30. The van der Waals surface area contributed by atoms with E-state index in [-0.39, 0.29) is 10.8 Å². The average molecular weight is 804 g/mol. The lowest BCUT2D eigenvalue weighted by Gasteiger charge is -2.19. The van der Waals surface area contributed by atoms with E-state index in [1.54, 1.807) is 0 Å². The van der Waals surface area contributed by atoms with Gasteiger partial charge in [-0.05, 0) is 121 Å². The Kier molecular flexibility index (Phi) is 12.2. The summed E-state index contributed by atoms with van der Waals surface area (Å²) in [6.07, 6.45) is 18.8. The SMILES string of the molecule is CC(C)(C)c1ccnc(-c2ccc(/C=C/c3cc(/C=C/c4ccc(-c5cc(-c6ccccc6)ccn5)cc4)cc(/C=C/c4ccc(-c5cc(C(C)(C)C)ccn5)cc4)c3)cc2)c1. The monoisotopic (exact) mass is 803 g/mol. The molecule has 0 amide bonds. The maximum atomic E-state index is 4.68. The molecule has 0 unspecified atom stereocenters. The van der Waals surface area contributed by atoms with Crippen LogP contribution in [0.25, 0.3) is 81.4 Å². The van der Waals surface area contributed by atoms with Gasteiger partial charge in [-0.25, -0.2) is 0 Å². The summed E-state index contributed by atoms with van der Waals surface area (Å²) in [6.45, 7) is 13.4. The molecule has 304 valence electrons. The summed E-state index contributed by atoms with van der Waals surface area (Å²) in [5.74, 6) is 0. The summed E-state index contributed by atoms with van der Waals surface area (Å²) in [6, 6.07) is 55.9. The van der Waals surface area contributed by atoms with E-state index in [9.17, 15) is 0 Å². The molecule has 0 aliphatic carbocycles. The Labute approximate surface area is 368 Å². The summed E-state index contributed by atoms with van der Waals surface area (Å²) < 4.78 is 0. The molecule has 0 bridgehead atoms. The Morgan fingerprint density at radius 2 is 0.629 bits per heavy atom. The molecule has 0 spiro atoms. The van der Waals surface area contributed by atoms with Crippen molar-refractivity contribution in [3.05, 3.63) is 221 Å². The predicted octanol–water partition coefficient (Wildman–Crippen LogP) is 15.6. The maximum absolute atomic E-state index is 4.68. The summed E-state index contributed by atoms with van der Waals surface area (Å²) in [5.41, 5.74) is 18.0. The van der Waals surface area contributed by atoms with Crippen molar-refractivity contribution >= 4 is 36.5 Å². The van der Waals surface area contributed by atoms with Gasteiger partial charge < -0.3 is 0 Å². The van der Waals surface area contributed by atoms with Gasteiger partial charge in [0.25, 0.3) is 0 Å². The van der Waals surface area contributed by atoms with Gasteiger partial charge in [0.1, 0.15) is 0 Å². The van der Waals surface area contributed by atoms with Crippen molar-refractivity contribution in [3.63, 3.8) is 0 Å². The Bertz CT molecular complexity index is 2740. The van der Waals surface area contributed by atoms with Crippen molar-refractivity contribution in [3.8, 4) is 44.9 Å². The molecule has 5 aromatic carbocycles. The lowest BCUT2D eigenvalue weighted by atomic mass is 9.87. The fraction of sp³-hybridized carbons (Fsp3) is 0.136. The standard InChI is InChI=1S/C59H53N3/c1-58(2,3)53-31-34-61-56(40-53)50-26-20-43(21-27-50)13-16-46-36-45(15-12-42-18-24-49(25-19-42)55-39-52(30-33-60-55)48-10-8-7-9-11-48)37-47(38-46)17-14-44-22-28-51(29-23-44)57-41-54(32-35-62-57)59(4,5)6/h7-41H,1-6H3/b15-12+,16-13+,17-14+. The van der Waals surface area contributed by atoms with Gasteiger partial charge in [0.2, 0.25) is 0 Å². The number of pyridine rings is 3. The second kappa shape index (κ2) is 18.2. The molecule has 0 atom stereocenters. The quantitative estimate of drug-likeness (QED) is 0.129. The molecule has 3 heterocycles. The smallest absolute Gasteiger partial charge is 0.0708 e. The van der Waals surface area contributed by atoms with Gasteiger partial charge >= 0.3 is 0 Å². The molecule has 3 nitrogen and oxygen atoms in total. The molecule has 8 rings (SSSR count). The molecule has 0 radical (unpaired) electrons. The van der Waals surface area contributed by atoms with Crippen molar-refractivity contribution < 1.29 is 0 Å². The van der Waals surface area contributed by atoms with Crippen molar-refractivity contribution in [2.75, 3.05) is 0 Å². The van der Waals surface area contributed by atoms with Crippen molar-refractivity contribution in [2.24, 2.45) is 0 Å². The fourth-order valence-electron chi connectivity index (χ4n) is 7.37. The Balaban J connectivity index is 1.04. The molecule has 3 aromatic heterocycles. The van der Waals surface area contributed by atoms with E-state index in [0.29, 0.717) is 0 Å². The molecule has 0 saturated carbocycles. The van der Waals surface area contributed by atoms with Crippen LogP contribution >= 0.6 is 0 Å². The summed E-state index contributed by atoms with van der Waals surface area (Å²) in [7, 11) is 0. The fourth-order valence-corrected chi connectivity index (χ4v) is 7.37. The van der Waals surface area contributed by atoms with Crippen LogP contribution in [0.15, 0.2) is 176 Å². The van der Waals surface area contributed by atoms with Crippen molar-refractivity contribution in [1.82, 2.24) is 15.0 Å². The van der Waals surface area contributed by atoms with Gasteiger partial charge in [-0.15, -0.1) is 0 Å². The zero-order valence-electron chi connectivity index (χ0n) is 36.5. The second-order valence-corrected chi connectivity index (χ2v) is 18.0. The van der Waals surface area contributed by atoms with E-state index >= 15 is 0 Å².